The quantitative estimate of drug-likeness (QED) is 0.722. The van der Waals surface area contributed by atoms with Crippen LogP contribution in [0.4, 0.5) is 4.79 Å². The van der Waals surface area contributed by atoms with Crippen LogP contribution in [-0.4, -0.2) is 23.3 Å². The van der Waals surface area contributed by atoms with Gasteiger partial charge in [-0.15, -0.1) is 0 Å². The second-order valence-electron chi connectivity index (χ2n) is 5.53. The molecule has 0 saturated carbocycles. The van der Waals surface area contributed by atoms with Crippen molar-refractivity contribution >= 4 is 6.03 Å². The van der Waals surface area contributed by atoms with E-state index in [2.05, 4.69) is 16.7 Å². The summed E-state index contributed by atoms with van der Waals surface area (Å²) in [7, 11) is 0. The summed E-state index contributed by atoms with van der Waals surface area (Å²) in [5.41, 5.74) is 2.14. The number of urea groups is 1. The predicted octanol–water partition coefficient (Wildman–Crippen LogP) is 2.05. The SMILES string of the molecule is O=C(NC1C=CCCC1)NC1c2ccccc2CC1O. The van der Waals surface area contributed by atoms with Gasteiger partial charge in [-0.05, 0) is 30.4 Å². The second kappa shape index (κ2) is 5.67. The summed E-state index contributed by atoms with van der Waals surface area (Å²) in [6.45, 7) is 0. The number of amides is 2. The fraction of sp³-hybridized carbons (Fsp3) is 0.438. The molecule has 0 fully saturated rings. The Balaban J connectivity index is 1.64. The van der Waals surface area contributed by atoms with Crippen molar-refractivity contribution in [3.8, 4) is 0 Å². The molecule has 0 aromatic heterocycles. The van der Waals surface area contributed by atoms with E-state index in [1.165, 1.54) is 0 Å². The fourth-order valence-corrected chi connectivity index (χ4v) is 3.03. The second-order valence-corrected chi connectivity index (χ2v) is 5.53. The third-order valence-electron chi connectivity index (χ3n) is 4.06. The van der Waals surface area contributed by atoms with E-state index in [-0.39, 0.29) is 18.1 Å². The Kier molecular flexibility index (Phi) is 3.74. The van der Waals surface area contributed by atoms with Crippen LogP contribution in [0, 0.1) is 0 Å². The molecule has 3 rings (SSSR count). The summed E-state index contributed by atoms with van der Waals surface area (Å²) >= 11 is 0. The first-order valence-electron chi connectivity index (χ1n) is 7.23. The molecule has 4 nitrogen and oxygen atoms in total. The summed E-state index contributed by atoms with van der Waals surface area (Å²) in [6, 6.07) is 7.46. The van der Waals surface area contributed by atoms with Crippen LogP contribution in [0.15, 0.2) is 36.4 Å². The standard InChI is InChI=1S/C16H20N2O2/c19-14-10-11-6-4-5-9-13(11)15(14)18-16(20)17-12-7-2-1-3-8-12/h2,4-7,9,12,14-15,19H,1,3,8,10H2,(H2,17,18,20). The monoisotopic (exact) mass is 272 g/mol. The fourth-order valence-electron chi connectivity index (χ4n) is 3.03. The van der Waals surface area contributed by atoms with E-state index in [0.29, 0.717) is 6.42 Å². The Hall–Kier alpha value is -1.81. The third-order valence-corrected chi connectivity index (χ3v) is 4.06. The van der Waals surface area contributed by atoms with Crippen LogP contribution in [0.25, 0.3) is 0 Å². The molecule has 2 amide bonds. The molecule has 3 N–H and O–H groups in total. The molecular formula is C16H20N2O2. The van der Waals surface area contributed by atoms with Crippen LogP contribution in [0.1, 0.15) is 36.4 Å². The van der Waals surface area contributed by atoms with Crippen molar-refractivity contribution < 1.29 is 9.90 Å². The molecule has 3 unspecified atom stereocenters. The Morgan fingerprint density at radius 3 is 2.90 bits per heavy atom. The number of fused-ring (bicyclic) bond motifs is 1. The van der Waals surface area contributed by atoms with Gasteiger partial charge in [-0.3, -0.25) is 0 Å². The molecule has 4 heteroatoms. The molecule has 0 saturated heterocycles. The zero-order valence-corrected chi connectivity index (χ0v) is 11.4. The van der Waals surface area contributed by atoms with Gasteiger partial charge in [0.1, 0.15) is 0 Å². The molecule has 0 heterocycles. The van der Waals surface area contributed by atoms with Crippen molar-refractivity contribution in [2.24, 2.45) is 0 Å². The van der Waals surface area contributed by atoms with E-state index in [1.807, 2.05) is 30.3 Å². The van der Waals surface area contributed by atoms with Crippen LogP contribution in [0.3, 0.4) is 0 Å². The highest BCUT2D eigenvalue weighted by Crippen LogP contribution is 2.31. The number of benzene rings is 1. The van der Waals surface area contributed by atoms with Crippen molar-refractivity contribution in [2.45, 2.75) is 43.9 Å². The Bertz CT molecular complexity index is 527. The van der Waals surface area contributed by atoms with Crippen molar-refractivity contribution in [3.63, 3.8) is 0 Å². The Morgan fingerprint density at radius 2 is 2.10 bits per heavy atom. The Labute approximate surface area is 118 Å². The normalized spacial score (nSPS) is 27.9. The van der Waals surface area contributed by atoms with Crippen molar-refractivity contribution in [2.75, 3.05) is 0 Å². The average Bonchev–Trinajstić information content (AvgIpc) is 2.76. The van der Waals surface area contributed by atoms with Gasteiger partial charge in [0, 0.05) is 12.5 Å². The molecule has 2 aliphatic carbocycles. The summed E-state index contributed by atoms with van der Waals surface area (Å²) in [4.78, 5) is 12.1. The summed E-state index contributed by atoms with van der Waals surface area (Å²) in [5.74, 6) is 0. The molecular weight excluding hydrogens is 252 g/mol. The van der Waals surface area contributed by atoms with Gasteiger partial charge in [-0.1, -0.05) is 36.4 Å². The van der Waals surface area contributed by atoms with Gasteiger partial charge < -0.3 is 15.7 Å². The lowest BCUT2D eigenvalue weighted by molar-refractivity contribution is 0.142. The van der Waals surface area contributed by atoms with Gasteiger partial charge in [0.05, 0.1) is 12.1 Å². The van der Waals surface area contributed by atoms with E-state index in [1.54, 1.807) is 0 Å². The highest BCUT2D eigenvalue weighted by Gasteiger charge is 2.32. The van der Waals surface area contributed by atoms with Crippen LogP contribution in [0.2, 0.25) is 0 Å². The van der Waals surface area contributed by atoms with Crippen LogP contribution < -0.4 is 10.6 Å². The number of nitrogens with one attached hydrogen (secondary N) is 2. The minimum absolute atomic E-state index is 0.109. The maximum Gasteiger partial charge on any atom is 0.315 e. The minimum Gasteiger partial charge on any atom is -0.390 e. The first kappa shape index (κ1) is 13.2. The number of hydrogen-bond donors (Lipinski definition) is 3. The minimum atomic E-state index is -0.542. The molecule has 106 valence electrons. The molecule has 2 aliphatic rings. The number of carbonyl (C=O) groups is 1. The lowest BCUT2D eigenvalue weighted by Crippen LogP contribution is -2.45. The van der Waals surface area contributed by atoms with Gasteiger partial charge in [0.15, 0.2) is 0 Å². The third kappa shape index (κ3) is 2.70. The van der Waals surface area contributed by atoms with Gasteiger partial charge in [0.25, 0.3) is 0 Å². The zero-order valence-electron chi connectivity index (χ0n) is 11.4. The van der Waals surface area contributed by atoms with Gasteiger partial charge in [-0.25, -0.2) is 4.79 Å². The largest absolute Gasteiger partial charge is 0.390 e. The number of hydrogen-bond acceptors (Lipinski definition) is 2. The number of aliphatic hydroxyl groups is 1. The maximum atomic E-state index is 12.1. The topological polar surface area (TPSA) is 61.4 Å². The summed E-state index contributed by atoms with van der Waals surface area (Å²) in [6.07, 6.45) is 7.39. The van der Waals surface area contributed by atoms with Crippen molar-refractivity contribution in [1.82, 2.24) is 10.6 Å². The number of carbonyl (C=O) groups excluding carboxylic acids is 1. The number of rotatable bonds is 2. The molecule has 0 aliphatic heterocycles. The summed E-state index contributed by atoms with van der Waals surface area (Å²) < 4.78 is 0. The number of allylic oxidation sites excluding steroid dienone is 1. The summed E-state index contributed by atoms with van der Waals surface area (Å²) in [5, 5.41) is 16.0. The van der Waals surface area contributed by atoms with E-state index in [9.17, 15) is 9.90 Å². The van der Waals surface area contributed by atoms with Crippen molar-refractivity contribution in [3.05, 3.63) is 47.5 Å². The molecule has 3 atom stereocenters. The van der Waals surface area contributed by atoms with E-state index in [4.69, 9.17) is 0 Å². The smallest absolute Gasteiger partial charge is 0.315 e. The molecule has 0 spiro atoms. The van der Waals surface area contributed by atoms with E-state index < -0.39 is 6.10 Å². The van der Waals surface area contributed by atoms with Crippen LogP contribution in [-0.2, 0) is 6.42 Å². The number of aliphatic hydroxyl groups excluding tert-OH is 1. The Morgan fingerprint density at radius 1 is 1.25 bits per heavy atom. The highest BCUT2D eigenvalue weighted by molar-refractivity contribution is 5.75. The molecule has 20 heavy (non-hydrogen) atoms. The lowest BCUT2D eigenvalue weighted by Gasteiger charge is -2.22. The molecule has 0 radical (unpaired) electrons. The first-order chi connectivity index (χ1) is 9.74. The van der Waals surface area contributed by atoms with E-state index in [0.717, 1.165) is 30.4 Å². The van der Waals surface area contributed by atoms with Gasteiger partial charge in [-0.2, -0.15) is 0 Å². The highest BCUT2D eigenvalue weighted by atomic mass is 16.3. The predicted molar refractivity (Wildman–Crippen MR) is 77.3 cm³/mol. The zero-order chi connectivity index (χ0) is 13.9. The molecule has 1 aromatic rings. The molecule has 1 aromatic carbocycles. The molecule has 0 bridgehead atoms. The lowest BCUT2D eigenvalue weighted by atomic mass is 10.0. The van der Waals surface area contributed by atoms with Crippen molar-refractivity contribution in [1.29, 1.82) is 0 Å². The van der Waals surface area contributed by atoms with E-state index >= 15 is 0 Å². The first-order valence-corrected chi connectivity index (χ1v) is 7.23. The van der Waals surface area contributed by atoms with Crippen LogP contribution in [0.5, 0.6) is 0 Å². The van der Waals surface area contributed by atoms with Crippen LogP contribution >= 0.6 is 0 Å². The van der Waals surface area contributed by atoms with Gasteiger partial charge in [0.2, 0.25) is 0 Å². The average molecular weight is 272 g/mol. The maximum absolute atomic E-state index is 12.1. The van der Waals surface area contributed by atoms with Gasteiger partial charge >= 0.3 is 6.03 Å².